The minimum absolute atomic E-state index is 0.0593. The van der Waals surface area contributed by atoms with Gasteiger partial charge in [0.1, 0.15) is 6.04 Å². The van der Waals surface area contributed by atoms with Crippen molar-refractivity contribution in [2.45, 2.75) is 52.1 Å². The Balaban J connectivity index is 1.77. The number of rotatable bonds is 10. The highest BCUT2D eigenvalue weighted by Gasteiger charge is 2.26. The van der Waals surface area contributed by atoms with Crippen molar-refractivity contribution in [3.63, 3.8) is 0 Å². The number of nitrogens with one attached hydrogen (secondary N) is 1. The predicted molar refractivity (Wildman–Crippen MR) is 132 cm³/mol. The van der Waals surface area contributed by atoms with Crippen LogP contribution < -0.4 is 5.32 Å². The summed E-state index contributed by atoms with van der Waals surface area (Å²) in [7, 11) is 0. The molecule has 5 heteroatoms. The zero-order chi connectivity index (χ0) is 22.9. The third kappa shape index (κ3) is 6.10. The fourth-order valence-corrected chi connectivity index (χ4v) is 4.02. The lowest BCUT2D eigenvalue weighted by Gasteiger charge is -2.29. The summed E-state index contributed by atoms with van der Waals surface area (Å²) in [5, 5.41) is 5.87. The summed E-state index contributed by atoms with van der Waals surface area (Å²) < 4.78 is 0. The maximum atomic E-state index is 13.3. The Labute approximate surface area is 195 Å². The van der Waals surface area contributed by atoms with Gasteiger partial charge in [0.15, 0.2) is 0 Å². The molecule has 2 amide bonds. The van der Waals surface area contributed by atoms with Gasteiger partial charge in [-0.1, -0.05) is 85.6 Å². The first-order valence-corrected chi connectivity index (χ1v) is 11.7. The maximum Gasteiger partial charge on any atom is 0.242 e. The molecule has 0 aliphatic heterocycles. The van der Waals surface area contributed by atoms with Crippen molar-refractivity contribution in [3.05, 3.63) is 82.9 Å². The fourth-order valence-electron chi connectivity index (χ4n) is 3.82. The average molecular weight is 451 g/mol. The van der Waals surface area contributed by atoms with E-state index in [0.717, 1.165) is 34.7 Å². The molecule has 0 heterocycles. The summed E-state index contributed by atoms with van der Waals surface area (Å²) in [6.07, 6.45) is 2.86. The van der Waals surface area contributed by atoms with Gasteiger partial charge >= 0.3 is 0 Å². The van der Waals surface area contributed by atoms with Crippen LogP contribution >= 0.6 is 11.6 Å². The minimum Gasteiger partial charge on any atom is -0.354 e. The van der Waals surface area contributed by atoms with Gasteiger partial charge in [-0.15, -0.1) is 0 Å². The topological polar surface area (TPSA) is 49.4 Å². The van der Waals surface area contributed by atoms with Crippen LogP contribution in [0.1, 0.15) is 44.2 Å². The van der Waals surface area contributed by atoms with Crippen LogP contribution in [-0.2, 0) is 22.6 Å². The Morgan fingerprint density at radius 2 is 1.66 bits per heavy atom. The highest BCUT2D eigenvalue weighted by atomic mass is 35.5. The molecule has 1 unspecified atom stereocenters. The number of halogens is 1. The third-order valence-corrected chi connectivity index (χ3v) is 6.15. The molecule has 0 saturated heterocycles. The van der Waals surface area contributed by atoms with E-state index >= 15 is 0 Å². The van der Waals surface area contributed by atoms with E-state index in [-0.39, 0.29) is 11.8 Å². The molecule has 0 aliphatic carbocycles. The molecule has 4 nitrogen and oxygen atoms in total. The van der Waals surface area contributed by atoms with Crippen molar-refractivity contribution >= 4 is 34.2 Å². The maximum absolute atomic E-state index is 13.3. The summed E-state index contributed by atoms with van der Waals surface area (Å²) in [4.78, 5) is 27.7. The van der Waals surface area contributed by atoms with E-state index in [1.54, 1.807) is 11.8 Å². The zero-order valence-electron chi connectivity index (χ0n) is 18.8. The number of nitrogens with zero attached hydrogens (tertiary/aromatic N) is 1. The van der Waals surface area contributed by atoms with E-state index in [1.165, 1.54) is 0 Å². The largest absolute Gasteiger partial charge is 0.354 e. The Kier molecular flexibility index (Phi) is 8.69. The lowest BCUT2D eigenvalue weighted by atomic mass is 10.0. The average Bonchev–Trinajstić information content (AvgIpc) is 2.81. The van der Waals surface area contributed by atoms with Crippen molar-refractivity contribution in [2.24, 2.45) is 0 Å². The van der Waals surface area contributed by atoms with Gasteiger partial charge in [0.05, 0.1) is 0 Å². The normalized spacial score (nSPS) is 11.8. The minimum atomic E-state index is -0.580. The quantitative estimate of drug-likeness (QED) is 0.399. The van der Waals surface area contributed by atoms with Crippen LogP contribution in [0.5, 0.6) is 0 Å². The molecule has 0 radical (unpaired) electrons. The molecule has 3 aromatic rings. The molecular formula is C27H31ClN2O2. The molecule has 168 valence electrons. The van der Waals surface area contributed by atoms with Gasteiger partial charge in [-0.25, -0.2) is 0 Å². The Morgan fingerprint density at radius 1 is 0.969 bits per heavy atom. The van der Waals surface area contributed by atoms with Crippen LogP contribution in [0.25, 0.3) is 10.8 Å². The van der Waals surface area contributed by atoms with Crippen molar-refractivity contribution in [1.29, 1.82) is 0 Å². The molecular weight excluding hydrogens is 420 g/mol. The van der Waals surface area contributed by atoms with Crippen LogP contribution in [0.3, 0.4) is 0 Å². The second-order valence-corrected chi connectivity index (χ2v) is 8.48. The van der Waals surface area contributed by atoms with E-state index in [2.05, 4.69) is 36.5 Å². The molecule has 0 fully saturated rings. The van der Waals surface area contributed by atoms with E-state index < -0.39 is 6.04 Å². The van der Waals surface area contributed by atoms with E-state index in [4.69, 9.17) is 11.6 Å². The second kappa shape index (κ2) is 11.7. The molecule has 1 N–H and O–H groups in total. The van der Waals surface area contributed by atoms with E-state index in [0.29, 0.717) is 31.0 Å². The Bertz CT molecular complexity index is 1060. The number of unbranched alkanes of at least 4 members (excludes halogenated alkanes) is 1. The highest BCUT2D eigenvalue weighted by Crippen LogP contribution is 2.22. The summed E-state index contributed by atoms with van der Waals surface area (Å²) in [5.41, 5.74) is 1.97. The molecule has 0 aliphatic rings. The van der Waals surface area contributed by atoms with Gasteiger partial charge in [-0.05, 0) is 47.7 Å². The molecule has 3 aromatic carbocycles. The van der Waals surface area contributed by atoms with Gasteiger partial charge in [-0.2, -0.15) is 0 Å². The molecule has 0 spiro atoms. The van der Waals surface area contributed by atoms with Gasteiger partial charge in [0.25, 0.3) is 0 Å². The van der Waals surface area contributed by atoms with E-state index in [9.17, 15) is 9.59 Å². The first-order chi connectivity index (χ1) is 15.5. The zero-order valence-corrected chi connectivity index (χ0v) is 19.6. The van der Waals surface area contributed by atoms with Gasteiger partial charge in [-0.3, -0.25) is 9.59 Å². The molecule has 0 aromatic heterocycles. The van der Waals surface area contributed by atoms with Crippen LogP contribution in [-0.4, -0.2) is 29.3 Å². The van der Waals surface area contributed by atoms with Crippen LogP contribution in [0, 0.1) is 0 Å². The first kappa shape index (κ1) is 23.8. The van der Waals surface area contributed by atoms with Crippen LogP contribution in [0.2, 0.25) is 5.02 Å². The number of amides is 2. The number of carbonyl (C=O) groups is 2. The molecule has 0 bridgehead atoms. The summed E-state index contributed by atoms with van der Waals surface area (Å²) >= 11 is 6.36. The standard InChI is InChI=1S/C27H31ClN2O2/c1-3-4-18-29-27(32)20(2)30(19-23-11-6-8-15-25(23)28)26(31)17-16-22-13-9-12-21-10-5-7-14-24(21)22/h5-15,20H,3-4,16-19H2,1-2H3,(H,29,32). The molecule has 32 heavy (non-hydrogen) atoms. The van der Waals surface area contributed by atoms with Crippen molar-refractivity contribution in [2.75, 3.05) is 6.54 Å². The fraction of sp³-hybridized carbons (Fsp3) is 0.333. The van der Waals surface area contributed by atoms with Crippen LogP contribution in [0.15, 0.2) is 66.7 Å². The first-order valence-electron chi connectivity index (χ1n) is 11.3. The molecule has 0 saturated carbocycles. The Morgan fingerprint density at radius 3 is 2.44 bits per heavy atom. The number of hydrogen-bond acceptors (Lipinski definition) is 2. The van der Waals surface area contributed by atoms with Crippen molar-refractivity contribution < 1.29 is 9.59 Å². The second-order valence-electron chi connectivity index (χ2n) is 8.07. The lowest BCUT2D eigenvalue weighted by Crippen LogP contribution is -2.47. The summed E-state index contributed by atoms with van der Waals surface area (Å²) in [6, 6.07) is 21.2. The van der Waals surface area contributed by atoms with Crippen molar-refractivity contribution in [1.82, 2.24) is 10.2 Å². The number of aryl methyl sites for hydroxylation is 1. The third-order valence-electron chi connectivity index (χ3n) is 5.78. The van der Waals surface area contributed by atoms with Gasteiger partial charge < -0.3 is 10.2 Å². The number of benzene rings is 3. The number of hydrogen-bond donors (Lipinski definition) is 1. The molecule has 1 atom stereocenters. The summed E-state index contributed by atoms with van der Waals surface area (Å²) in [5.74, 6) is -0.194. The van der Waals surface area contributed by atoms with Gasteiger partial charge in [0, 0.05) is 24.5 Å². The number of fused-ring (bicyclic) bond motifs is 1. The van der Waals surface area contributed by atoms with Gasteiger partial charge in [0.2, 0.25) is 11.8 Å². The van der Waals surface area contributed by atoms with Crippen LogP contribution in [0.4, 0.5) is 0 Å². The molecule has 3 rings (SSSR count). The predicted octanol–water partition coefficient (Wildman–Crippen LogP) is 5.76. The monoisotopic (exact) mass is 450 g/mol. The van der Waals surface area contributed by atoms with Crippen molar-refractivity contribution in [3.8, 4) is 0 Å². The highest BCUT2D eigenvalue weighted by molar-refractivity contribution is 6.31. The number of carbonyl (C=O) groups excluding carboxylic acids is 2. The smallest absolute Gasteiger partial charge is 0.242 e. The Hall–Kier alpha value is -2.85. The lowest BCUT2D eigenvalue weighted by molar-refractivity contribution is -0.140. The summed E-state index contributed by atoms with van der Waals surface area (Å²) in [6.45, 7) is 4.78. The SMILES string of the molecule is CCCCNC(=O)C(C)N(Cc1ccccc1Cl)C(=O)CCc1cccc2ccccc12. The van der Waals surface area contributed by atoms with E-state index in [1.807, 2.05) is 42.5 Å².